The Morgan fingerprint density at radius 3 is 2.41 bits per heavy atom. The van der Waals surface area contributed by atoms with Crippen LogP contribution < -0.4 is 35.9 Å². The average molecular weight is 1190 g/mol. The number of aromatic nitrogens is 4. The quantitative estimate of drug-likeness (QED) is 0.0402. The molecule has 3 heterocycles. The minimum atomic E-state index is -5.95. The molecule has 1 saturated heterocycles. The second-order valence-corrected chi connectivity index (χ2v) is 28.2. The van der Waals surface area contributed by atoms with Crippen LogP contribution in [-0.2, 0) is 50.7 Å². The molecule has 0 aromatic carbocycles. The molecular weight excluding hydrogens is 1120 g/mol. The molecule has 5 fully saturated rings. The number of nitrogens with two attached hydrogens (primary N) is 1. The molecule has 2 amide bonds. The largest absolute Gasteiger partial charge is 0.790 e. The van der Waals surface area contributed by atoms with E-state index in [0.717, 1.165) is 61.1 Å². The Labute approximate surface area is 462 Å². The maximum Gasteiger partial charge on any atom is 0.274 e. The Hall–Kier alpha value is -2.82. The number of aliphatic hydroxyl groups is 5. The van der Waals surface area contributed by atoms with Crippen LogP contribution in [0.2, 0.25) is 0 Å². The summed E-state index contributed by atoms with van der Waals surface area (Å²) in [5.41, 5.74) is 4.33. The first-order chi connectivity index (χ1) is 36.8. The van der Waals surface area contributed by atoms with Crippen LogP contribution >= 0.6 is 35.2 Å². The van der Waals surface area contributed by atoms with Crippen molar-refractivity contribution in [3.8, 4) is 0 Å². The van der Waals surface area contributed by atoms with E-state index in [1.54, 1.807) is 6.92 Å². The predicted molar refractivity (Wildman–Crippen MR) is 274 cm³/mol. The van der Waals surface area contributed by atoms with Crippen LogP contribution in [0.4, 0.5) is 5.82 Å². The van der Waals surface area contributed by atoms with Crippen molar-refractivity contribution in [2.24, 2.45) is 51.8 Å². The van der Waals surface area contributed by atoms with Gasteiger partial charge in [-0.1, -0.05) is 52.5 Å². The van der Waals surface area contributed by atoms with Crippen molar-refractivity contribution in [1.82, 2.24) is 30.2 Å². The standard InChI is InChI=1S/C48H78N7O20P3S/c1-25(29-10-11-30-36-31(20-34(58)48(29,30)6)47(5)14-12-28(56)18-27(47)19-32(36)57)8-7-9-26(2)45(63)79-17-16-50-35(59)13-15-51-43(62)40(61)46(3,4)22-72-78(69,70)75-77(67,68)71-21-33-39(74-76(64,65)66)38(60)44(73-33)55-24-54-37-41(49)52-23-53-42(37)55/h9,23-25,27-34,36,38-40,44,56-58,60-61H,7-8,10-22H2,1-6H3,(H,50,59)(H,51,62)(H,67,68)(H,69,70)(H2,49,52,53)(H2,64,65,66)/p-4/b26-9+/t25-,27+,28-,29-,30+,31+,32-,33-,34?,36+,38-,39-,40+,44-,47+,48?/m1/s1. The van der Waals surface area contributed by atoms with Crippen LogP contribution in [0.25, 0.3) is 11.2 Å². The molecule has 0 bridgehead atoms. The van der Waals surface area contributed by atoms with E-state index < -0.39 is 96.8 Å². The lowest BCUT2D eigenvalue weighted by atomic mass is 9.43. The zero-order chi connectivity index (χ0) is 58.2. The number of hydrogen-bond acceptors (Lipinski definition) is 25. The number of anilines is 1. The molecule has 18 atom stereocenters. The molecule has 4 unspecified atom stereocenters. The van der Waals surface area contributed by atoms with Gasteiger partial charge in [-0.05, 0) is 117 Å². The van der Waals surface area contributed by atoms with E-state index in [1.807, 2.05) is 6.08 Å². The second-order valence-electron chi connectivity index (χ2n) is 23.1. The van der Waals surface area contributed by atoms with E-state index in [-0.39, 0.29) is 99.8 Å². The number of nitrogens with zero attached hydrogens (tertiary/aromatic N) is 4. The molecule has 2 aromatic heterocycles. The maximum atomic E-state index is 13.0. The number of thioether (sulfide) groups is 1. The van der Waals surface area contributed by atoms with Crippen LogP contribution in [0, 0.1) is 51.8 Å². The summed E-state index contributed by atoms with van der Waals surface area (Å²) in [6.07, 6.45) is 0.211. The highest BCUT2D eigenvalue weighted by atomic mass is 32.2. The Bertz CT molecular complexity index is 2700. The summed E-state index contributed by atoms with van der Waals surface area (Å²) in [7, 11) is -17.7. The van der Waals surface area contributed by atoms with Crippen LogP contribution in [0.15, 0.2) is 24.3 Å². The molecule has 31 heteroatoms. The van der Waals surface area contributed by atoms with E-state index in [4.69, 9.17) is 10.5 Å². The number of nitrogens with one attached hydrogen (secondary N) is 2. The maximum absolute atomic E-state index is 13.0. The van der Waals surface area contributed by atoms with Gasteiger partial charge in [0.2, 0.25) is 16.9 Å². The van der Waals surface area contributed by atoms with Gasteiger partial charge < -0.3 is 84.3 Å². The third-order valence-electron chi connectivity index (χ3n) is 17.6. The van der Waals surface area contributed by atoms with Crippen molar-refractivity contribution in [3.63, 3.8) is 0 Å². The molecule has 0 radical (unpaired) electrons. The van der Waals surface area contributed by atoms with Crippen LogP contribution in [0.1, 0.15) is 112 Å². The molecule has 4 aliphatic carbocycles. The molecule has 0 spiro atoms. The highest BCUT2D eigenvalue weighted by molar-refractivity contribution is 8.14. The topological polar surface area (TPSA) is 436 Å². The number of nitrogen functional groups attached to an aromatic ring is 1. The minimum absolute atomic E-state index is 0.00520. The molecule has 9 N–H and O–H groups in total. The molecular formula is C48H74N7O20P3S-4. The zero-order valence-electron chi connectivity index (χ0n) is 44.9. The first-order valence-corrected chi connectivity index (χ1v) is 31.8. The minimum Gasteiger partial charge on any atom is -0.790 e. The second kappa shape index (κ2) is 25.2. The number of fused-ring (bicyclic) bond motifs is 6. The van der Waals surface area contributed by atoms with Gasteiger partial charge in [0, 0.05) is 30.7 Å². The Kier molecular flexibility index (Phi) is 20.3. The van der Waals surface area contributed by atoms with Crippen LogP contribution in [0.5, 0.6) is 0 Å². The molecule has 7 rings (SSSR count). The summed E-state index contributed by atoms with van der Waals surface area (Å²) < 4.78 is 61.1. The van der Waals surface area contributed by atoms with E-state index in [2.05, 4.69) is 64.2 Å². The molecule has 1 aliphatic heterocycles. The summed E-state index contributed by atoms with van der Waals surface area (Å²) in [6, 6.07) is 0. The lowest BCUT2D eigenvalue weighted by Crippen LogP contribution is -2.62. The highest BCUT2D eigenvalue weighted by Gasteiger charge is 2.65. The van der Waals surface area contributed by atoms with Gasteiger partial charge in [-0.3, -0.25) is 28.1 Å². The van der Waals surface area contributed by atoms with Gasteiger partial charge in [0.1, 0.15) is 36.3 Å². The van der Waals surface area contributed by atoms with Gasteiger partial charge in [0.15, 0.2) is 17.7 Å². The number of rotatable bonds is 24. The van der Waals surface area contributed by atoms with Gasteiger partial charge in [0.05, 0.1) is 45.7 Å². The van der Waals surface area contributed by atoms with E-state index in [1.165, 1.54) is 13.8 Å². The van der Waals surface area contributed by atoms with Crippen molar-refractivity contribution >= 4 is 69.1 Å². The summed E-state index contributed by atoms with van der Waals surface area (Å²) in [4.78, 5) is 98.3. The predicted octanol–water partition coefficient (Wildman–Crippen LogP) is 0.461. The monoisotopic (exact) mass is 1190 g/mol. The Balaban J connectivity index is 0.781. The summed E-state index contributed by atoms with van der Waals surface area (Å²) in [5.74, 6) is 0.0590. The number of amides is 2. The number of hydrogen-bond donors (Lipinski definition) is 8. The first kappa shape index (κ1) is 63.8. The normalized spacial score (nSPS) is 34.4. The van der Waals surface area contributed by atoms with E-state index in [0.29, 0.717) is 31.3 Å². The van der Waals surface area contributed by atoms with Crippen molar-refractivity contribution in [3.05, 3.63) is 24.3 Å². The number of carbonyl (C=O) groups excluding carboxylic acids is 3. The van der Waals surface area contributed by atoms with Crippen LogP contribution in [-0.4, -0.2) is 137 Å². The van der Waals surface area contributed by atoms with Crippen molar-refractivity contribution in [1.29, 1.82) is 0 Å². The molecule has 446 valence electrons. The van der Waals surface area contributed by atoms with Gasteiger partial charge >= 0.3 is 0 Å². The highest BCUT2D eigenvalue weighted by Crippen LogP contribution is 2.68. The number of allylic oxidation sites excluding steroid dienone is 1. The summed E-state index contributed by atoms with van der Waals surface area (Å²) >= 11 is 1.04. The number of ether oxygens (including phenoxy) is 1. The molecule has 79 heavy (non-hydrogen) atoms. The van der Waals surface area contributed by atoms with Crippen molar-refractivity contribution in [2.45, 2.75) is 155 Å². The van der Waals surface area contributed by atoms with Gasteiger partial charge in [-0.25, -0.2) is 19.3 Å². The Morgan fingerprint density at radius 2 is 1.70 bits per heavy atom. The van der Waals surface area contributed by atoms with Gasteiger partial charge in [-0.15, -0.1) is 0 Å². The lowest BCUT2D eigenvalue weighted by molar-refractivity contribution is -0.347. The number of aliphatic hydroxyl groups excluding tert-OH is 5. The number of phosphoric acid groups is 3. The summed E-state index contributed by atoms with van der Waals surface area (Å²) in [6.45, 7) is 8.51. The number of carbonyl (C=O) groups is 3. The SMILES string of the molecule is C/C(=C\CC[C@@H](C)[C@H]1CC[C@H]2[C@@H]3[C@H](O)C[C@@H]4C[C@H](O)CC[C@]4(C)[C@H]3CC(O)C12C)C(=O)SCCNC(=O)CCNC(=O)[C@H](O)C(C)(C)COP(=O)([O-])OP(=O)([O-])OC[C@H]1O[C@@H](n2cnc3c(N)ncnc32)[C@H](O)[C@@H]1OP(=O)([O-])[O-]. The fourth-order valence-corrected chi connectivity index (χ4v) is 16.8. The van der Waals surface area contributed by atoms with Crippen molar-refractivity contribution < 1.29 is 95.8 Å². The third-order valence-corrected chi connectivity index (χ3v) is 21.6. The molecule has 5 aliphatic rings. The molecule has 27 nitrogen and oxygen atoms in total. The van der Waals surface area contributed by atoms with Gasteiger partial charge in [0.25, 0.3) is 15.6 Å². The van der Waals surface area contributed by atoms with Crippen LogP contribution in [0.3, 0.4) is 0 Å². The first-order valence-electron chi connectivity index (χ1n) is 26.5. The van der Waals surface area contributed by atoms with E-state index in [9.17, 15) is 73.2 Å². The smallest absolute Gasteiger partial charge is 0.274 e. The Morgan fingerprint density at radius 1 is 0.987 bits per heavy atom. The number of imidazole rings is 1. The van der Waals surface area contributed by atoms with Crippen molar-refractivity contribution in [2.75, 3.05) is 37.8 Å². The fraction of sp³-hybridized carbons (Fsp3) is 0.792. The molecule has 2 aromatic rings. The fourth-order valence-electron chi connectivity index (χ4n) is 13.3. The summed E-state index contributed by atoms with van der Waals surface area (Å²) in [5, 5.41) is 60.4. The zero-order valence-corrected chi connectivity index (χ0v) is 48.4. The lowest BCUT2D eigenvalue weighted by Gasteiger charge is -2.63. The number of phosphoric ester groups is 3. The average Bonchev–Trinajstić information content (AvgIpc) is 3.87. The van der Waals surface area contributed by atoms with E-state index >= 15 is 0 Å². The van der Waals surface area contributed by atoms with Gasteiger partial charge in [-0.2, -0.15) is 0 Å². The molecule has 4 saturated carbocycles. The third kappa shape index (κ3) is 14.6.